The maximum atomic E-state index is 12.1. The van der Waals surface area contributed by atoms with E-state index in [0.29, 0.717) is 12.6 Å². The molecule has 0 atom stereocenters. The first-order valence-corrected chi connectivity index (χ1v) is 11.0. The zero-order chi connectivity index (χ0) is 21.6. The summed E-state index contributed by atoms with van der Waals surface area (Å²) in [6.07, 6.45) is 5.31. The first kappa shape index (κ1) is 20.3. The van der Waals surface area contributed by atoms with Gasteiger partial charge in [0.15, 0.2) is 0 Å². The zero-order valence-electron chi connectivity index (χ0n) is 18.1. The molecule has 1 aliphatic carbocycles. The van der Waals surface area contributed by atoms with E-state index >= 15 is 0 Å². The number of nitrogens with one attached hydrogen (secondary N) is 1. The van der Waals surface area contributed by atoms with E-state index in [1.54, 1.807) is 11.1 Å². The zero-order valence-corrected chi connectivity index (χ0v) is 18.1. The van der Waals surface area contributed by atoms with Crippen LogP contribution in [0.2, 0.25) is 0 Å². The summed E-state index contributed by atoms with van der Waals surface area (Å²) in [5.41, 5.74) is 2.91. The Labute approximate surface area is 182 Å². The number of rotatable bonds is 3. The minimum atomic E-state index is -0.550. The van der Waals surface area contributed by atoms with E-state index in [1.165, 1.54) is 6.07 Å². The van der Waals surface area contributed by atoms with Crippen molar-refractivity contribution in [1.29, 1.82) is 0 Å². The van der Waals surface area contributed by atoms with Gasteiger partial charge in [0.2, 0.25) is 17.3 Å². The molecular formula is C24H29N3O4. The lowest BCUT2D eigenvalue weighted by molar-refractivity contribution is -0.231. The van der Waals surface area contributed by atoms with Crippen molar-refractivity contribution in [3.05, 3.63) is 52.4 Å². The summed E-state index contributed by atoms with van der Waals surface area (Å²) in [7, 11) is 3.67. The highest BCUT2D eigenvalue weighted by atomic mass is 16.7. The number of hydrogen-bond acceptors (Lipinski definition) is 5. The van der Waals surface area contributed by atoms with Gasteiger partial charge in [0.25, 0.3) is 0 Å². The number of H-pyrrole nitrogens is 1. The number of hydrogen-bond donors (Lipinski definition) is 1. The molecule has 0 bridgehead atoms. The Balaban J connectivity index is 1.20. The number of fused-ring (bicyclic) bond motifs is 1. The fourth-order valence-electron chi connectivity index (χ4n) is 4.93. The Morgan fingerprint density at radius 1 is 1.13 bits per heavy atom. The minimum absolute atomic E-state index is 0.108. The van der Waals surface area contributed by atoms with Crippen molar-refractivity contribution in [3.8, 4) is 16.9 Å². The van der Waals surface area contributed by atoms with Gasteiger partial charge in [0, 0.05) is 69.8 Å². The highest BCUT2D eigenvalue weighted by Gasteiger charge is 2.45. The van der Waals surface area contributed by atoms with Crippen molar-refractivity contribution in [2.45, 2.75) is 44.1 Å². The van der Waals surface area contributed by atoms with E-state index in [1.807, 2.05) is 32.3 Å². The SMILES string of the molecule is CN(C)C(=O)C1CC(N2CCC3(CC2)OCc2cc(-c4ccc(=O)[nH]c4)ccc2O3)C1. The Hall–Kier alpha value is -2.64. The van der Waals surface area contributed by atoms with Crippen molar-refractivity contribution < 1.29 is 14.3 Å². The summed E-state index contributed by atoms with van der Waals surface area (Å²) in [6.45, 7) is 2.38. The average Bonchev–Trinajstić information content (AvgIpc) is 2.74. The first-order chi connectivity index (χ1) is 14.9. The summed E-state index contributed by atoms with van der Waals surface area (Å²) in [4.78, 5) is 30.3. The largest absolute Gasteiger partial charge is 0.462 e. The molecule has 1 aromatic heterocycles. The van der Waals surface area contributed by atoms with E-state index in [-0.39, 0.29) is 17.4 Å². The highest BCUT2D eigenvalue weighted by molar-refractivity contribution is 5.79. The number of amides is 1. The number of pyridine rings is 1. The topological polar surface area (TPSA) is 74.9 Å². The van der Waals surface area contributed by atoms with Crippen molar-refractivity contribution in [1.82, 2.24) is 14.8 Å². The van der Waals surface area contributed by atoms with Crippen LogP contribution in [0.15, 0.2) is 41.3 Å². The third-order valence-electron chi connectivity index (χ3n) is 6.94. The summed E-state index contributed by atoms with van der Waals surface area (Å²) in [5.74, 6) is 0.766. The molecule has 0 unspecified atom stereocenters. The van der Waals surface area contributed by atoms with Crippen LogP contribution in [0.4, 0.5) is 0 Å². The van der Waals surface area contributed by atoms with E-state index in [4.69, 9.17) is 9.47 Å². The van der Waals surface area contributed by atoms with Crippen LogP contribution in [0.3, 0.4) is 0 Å². The fraction of sp³-hybridized carbons (Fsp3) is 0.500. The lowest BCUT2D eigenvalue weighted by atomic mass is 9.77. The molecule has 31 heavy (non-hydrogen) atoms. The highest BCUT2D eigenvalue weighted by Crippen LogP contribution is 2.41. The predicted octanol–water partition coefficient (Wildman–Crippen LogP) is 2.61. The van der Waals surface area contributed by atoms with Gasteiger partial charge in [-0.05, 0) is 42.2 Å². The minimum Gasteiger partial charge on any atom is -0.462 e. The quantitative estimate of drug-likeness (QED) is 0.822. The number of piperidine rings is 1. The maximum absolute atomic E-state index is 12.1. The molecule has 3 aliphatic rings. The van der Waals surface area contributed by atoms with Gasteiger partial charge in [-0.1, -0.05) is 6.07 Å². The lowest BCUT2D eigenvalue weighted by Crippen LogP contribution is -2.57. The van der Waals surface area contributed by atoms with Gasteiger partial charge in [0.05, 0.1) is 6.61 Å². The molecule has 1 aromatic carbocycles. The smallest absolute Gasteiger partial charge is 0.247 e. The number of ether oxygens (including phenoxy) is 2. The van der Waals surface area contributed by atoms with Crippen LogP contribution in [0.25, 0.3) is 11.1 Å². The number of benzene rings is 1. The molecule has 1 spiro atoms. The van der Waals surface area contributed by atoms with Gasteiger partial charge in [-0.3, -0.25) is 14.5 Å². The van der Waals surface area contributed by atoms with Crippen LogP contribution in [-0.4, -0.2) is 59.7 Å². The Bertz CT molecular complexity index is 1010. The van der Waals surface area contributed by atoms with Crippen LogP contribution in [0.5, 0.6) is 5.75 Å². The standard InChI is InChI=1S/C24H29N3O4/c1-26(2)23(29)18-12-20(13-18)27-9-7-24(8-10-27)30-15-19-11-16(3-5-21(19)31-24)17-4-6-22(28)25-14-17/h3-6,11,14,18,20H,7-10,12-13,15H2,1-2H3,(H,25,28). The van der Waals surface area contributed by atoms with Crippen molar-refractivity contribution in [3.63, 3.8) is 0 Å². The van der Waals surface area contributed by atoms with Crippen molar-refractivity contribution in [2.75, 3.05) is 27.2 Å². The van der Waals surface area contributed by atoms with Crippen molar-refractivity contribution >= 4 is 5.91 Å². The van der Waals surface area contributed by atoms with Gasteiger partial charge in [-0.15, -0.1) is 0 Å². The Morgan fingerprint density at radius 2 is 1.87 bits per heavy atom. The molecule has 2 fully saturated rings. The Morgan fingerprint density at radius 3 is 2.55 bits per heavy atom. The molecule has 1 saturated carbocycles. The predicted molar refractivity (Wildman–Crippen MR) is 117 cm³/mol. The second-order valence-electron chi connectivity index (χ2n) is 9.16. The molecule has 164 valence electrons. The molecule has 7 heteroatoms. The molecule has 1 amide bonds. The second kappa shape index (κ2) is 7.80. The molecule has 2 aliphatic heterocycles. The van der Waals surface area contributed by atoms with Crippen LogP contribution in [-0.2, 0) is 16.1 Å². The molecule has 2 aromatic rings. The summed E-state index contributed by atoms with van der Waals surface area (Å²) in [5, 5.41) is 0. The number of carbonyl (C=O) groups excluding carboxylic acids is 1. The monoisotopic (exact) mass is 423 g/mol. The van der Waals surface area contributed by atoms with Crippen LogP contribution >= 0.6 is 0 Å². The number of aromatic nitrogens is 1. The molecule has 5 rings (SSSR count). The second-order valence-corrected chi connectivity index (χ2v) is 9.16. The van der Waals surface area contributed by atoms with Crippen molar-refractivity contribution in [2.24, 2.45) is 5.92 Å². The maximum Gasteiger partial charge on any atom is 0.247 e. The van der Waals surface area contributed by atoms with Crippen LogP contribution in [0.1, 0.15) is 31.2 Å². The van der Waals surface area contributed by atoms with E-state index in [0.717, 1.165) is 61.2 Å². The molecule has 1 saturated heterocycles. The third kappa shape index (κ3) is 3.88. The molecule has 3 heterocycles. The molecular weight excluding hydrogens is 394 g/mol. The number of aromatic amines is 1. The third-order valence-corrected chi connectivity index (χ3v) is 6.94. The van der Waals surface area contributed by atoms with E-state index in [9.17, 15) is 9.59 Å². The normalized spacial score (nSPS) is 24.7. The van der Waals surface area contributed by atoms with Gasteiger partial charge >= 0.3 is 0 Å². The van der Waals surface area contributed by atoms with Gasteiger partial charge < -0.3 is 19.4 Å². The molecule has 0 radical (unpaired) electrons. The van der Waals surface area contributed by atoms with Gasteiger partial charge in [0.1, 0.15) is 5.75 Å². The van der Waals surface area contributed by atoms with Gasteiger partial charge in [-0.2, -0.15) is 0 Å². The summed E-state index contributed by atoms with van der Waals surface area (Å²) < 4.78 is 12.6. The summed E-state index contributed by atoms with van der Waals surface area (Å²) in [6, 6.07) is 9.96. The molecule has 7 nitrogen and oxygen atoms in total. The number of likely N-dealkylation sites (tertiary alicyclic amines) is 1. The lowest BCUT2D eigenvalue weighted by Gasteiger charge is -2.49. The Kier molecular flexibility index (Phi) is 5.10. The van der Waals surface area contributed by atoms with Gasteiger partial charge in [-0.25, -0.2) is 0 Å². The fourth-order valence-corrected chi connectivity index (χ4v) is 4.93. The first-order valence-electron chi connectivity index (χ1n) is 11.0. The van der Waals surface area contributed by atoms with E-state index < -0.39 is 5.79 Å². The molecule has 1 N–H and O–H groups in total. The summed E-state index contributed by atoms with van der Waals surface area (Å²) >= 11 is 0. The van der Waals surface area contributed by atoms with Crippen LogP contribution in [0, 0.1) is 5.92 Å². The van der Waals surface area contributed by atoms with E-state index in [2.05, 4.69) is 16.0 Å². The number of carbonyl (C=O) groups is 1. The average molecular weight is 424 g/mol. The van der Waals surface area contributed by atoms with Crippen LogP contribution < -0.4 is 10.3 Å². The number of nitrogens with zero attached hydrogens (tertiary/aromatic N) is 2.